The molecule has 6 nitrogen and oxygen atoms in total. The summed E-state index contributed by atoms with van der Waals surface area (Å²) in [5.41, 5.74) is -0.337. The fourth-order valence-corrected chi connectivity index (χ4v) is 2.51. The van der Waals surface area contributed by atoms with Crippen molar-refractivity contribution in [2.24, 2.45) is 5.41 Å². The predicted molar refractivity (Wildman–Crippen MR) is 79.8 cm³/mol. The Hall–Kier alpha value is -1.85. The minimum atomic E-state index is -0.337. The third kappa shape index (κ3) is 3.00. The Morgan fingerprint density at radius 1 is 1.50 bits per heavy atom. The summed E-state index contributed by atoms with van der Waals surface area (Å²) >= 11 is 0. The summed E-state index contributed by atoms with van der Waals surface area (Å²) in [7, 11) is 1.69. The van der Waals surface area contributed by atoms with Gasteiger partial charge in [-0.15, -0.1) is 0 Å². The molecule has 2 heterocycles. The molecule has 1 aromatic rings. The Morgan fingerprint density at radius 2 is 2.30 bits per heavy atom. The zero-order valence-corrected chi connectivity index (χ0v) is 12.4. The third-order valence-corrected chi connectivity index (χ3v) is 3.78. The van der Waals surface area contributed by atoms with Crippen molar-refractivity contribution in [1.29, 1.82) is 0 Å². The predicted octanol–water partition coefficient (Wildman–Crippen LogP) is 1.26. The van der Waals surface area contributed by atoms with Crippen LogP contribution in [0.3, 0.4) is 0 Å². The molecule has 0 aliphatic carbocycles. The van der Waals surface area contributed by atoms with E-state index >= 15 is 0 Å². The second-order valence-corrected chi connectivity index (χ2v) is 5.50. The maximum atomic E-state index is 11.9. The number of nitrogens with one attached hydrogen (secondary N) is 2. The van der Waals surface area contributed by atoms with Crippen LogP contribution in [0, 0.1) is 5.41 Å². The summed E-state index contributed by atoms with van der Waals surface area (Å²) in [6, 6.07) is 1.95. The molecule has 1 saturated heterocycles. The lowest BCUT2D eigenvalue weighted by molar-refractivity contribution is -0.128. The van der Waals surface area contributed by atoms with Gasteiger partial charge in [0.2, 0.25) is 5.91 Å². The molecule has 1 fully saturated rings. The average Bonchev–Trinajstić information content (AvgIpc) is 2.88. The fourth-order valence-electron chi connectivity index (χ4n) is 2.51. The molecule has 1 aromatic heterocycles. The van der Waals surface area contributed by atoms with Crippen LogP contribution >= 0.6 is 0 Å². The summed E-state index contributed by atoms with van der Waals surface area (Å²) in [4.78, 5) is 22.6. The van der Waals surface area contributed by atoms with Crippen LogP contribution in [0.1, 0.15) is 26.7 Å². The Balaban J connectivity index is 2.08. The van der Waals surface area contributed by atoms with Crippen LogP contribution in [0.4, 0.5) is 11.6 Å². The summed E-state index contributed by atoms with van der Waals surface area (Å²) in [6.45, 7) is 6.55. The Morgan fingerprint density at radius 3 is 3.00 bits per heavy atom. The number of amides is 1. The quantitative estimate of drug-likeness (QED) is 0.848. The lowest BCUT2D eigenvalue weighted by Crippen LogP contribution is -2.39. The highest BCUT2D eigenvalue weighted by Gasteiger charge is 2.40. The summed E-state index contributed by atoms with van der Waals surface area (Å²) in [5.74, 6) is 1.81. The van der Waals surface area contributed by atoms with E-state index in [9.17, 15) is 4.79 Å². The Bertz CT molecular complexity index is 478. The number of carbonyl (C=O) groups is 1. The van der Waals surface area contributed by atoms with E-state index in [1.165, 1.54) is 0 Å². The molecule has 0 saturated carbocycles. The van der Waals surface area contributed by atoms with Crippen molar-refractivity contribution in [1.82, 2.24) is 15.3 Å². The first-order valence-electron chi connectivity index (χ1n) is 7.12. The van der Waals surface area contributed by atoms with Crippen LogP contribution in [0.15, 0.2) is 12.4 Å². The smallest absolute Gasteiger partial charge is 0.227 e. The SMILES string of the molecule is CCCNc1cc(N2CCC(C)(C(=O)NC)C2)ncn1. The van der Waals surface area contributed by atoms with Crippen molar-refractivity contribution >= 4 is 17.5 Å². The number of carbonyl (C=O) groups excluding carboxylic acids is 1. The average molecular weight is 277 g/mol. The number of hydrogen-bond donors (Lipinski definition) is 2. The molecular weight excluding hydrogens is 254 g/mol. The van der Waals surface area contributed by atoms with Crippen molar-refractivity contribution in [2.75, 3.05) is 36.9 Å². The number of hydrogen-bond acceptors (Lipinski definition) is 5. The number of nitrogens with zero attached hydrogens (tertiary/aromatic N) is 3. The minimum Gasteiger partial charge on any atom is -0.370 e. The molecule has 1 unspecified atom stereocenters. The van der Waals surface area contributed by atoms with Gasteiger partial charge in [0.05, 0.1) is 5.41 Å². The van der Waals surface area contributed by atoms with Gasteiger partial charge in [0, 0.05) is 32.7 Å². The van der Waals surface area contributed by atoms with E-state index < -0.39 is 0 Å². The molecule has 2 N–H and O–H groups in total. The van der Waals surface area contributed by atoms with Crippen molar-refractivity contribution in [3.63, 3.8) is 0 Å². The molecule has 0 bridgehead atoms. The monoisotopic (exact) mass is 277 g/mol. The zero-order valence-electron chi connectivity index (χ0n) is 12.4. The lowest BCUT2D eigenvalue weighted by Gasteiger charge is -2.23. The van der Waals surface area contributed by atoms with Gasteiger partial charge in [0.1, 0.15) is 18.0 Å². The van der Waals surface area contributed by atoms with E-state index in [2.05, 4.69) is 32.4 Å². The van der Waals surface area contributed by atoms with E-state index in [-0.39, 0.29) is 11.3 Å². The molecular formula is C14H23N5O. The van der Waals surface area contributed by atoms with Gasteiger partial charge in [-0.1, -0.05) is 6.92 Å². The van der Waals surface area contributed by atoms with Crippen LogP contribution < -0.4 is 15.5 Å². The van der Waals surface area contributed by atoms with Gasteiger partial charge in [-0.3, -0.25) is 4.79 Å². The zero-order chi connectivity index (χ0) is 14.6. The van der Waals surface area contributed by atoms with Crippen LogP contribution in [-0.2, 0) is 4.79 Å². The van der Waals surface area contributed by atoms with Gasteiger partial charge in [-0.05, 0) is 19.8 Å². The largest absolute Gasteiger partial charge is 0.370 e. The molecule has 0 spiro atoms. The van der Waals surface area contributed by atoms with E-state index in [0.717, 1.165) is 37.6 Å². The molecule has 0 aromatic carbocycles. The topological polar surface area (TPSA) is 70.2 Å². The van der Waals surface area contributed by atoms with Gasteiger partial charge >= 0.3 is 0 Å². The maximum absolute atomic E-state index is 11.9. The van der Waals surface area contributed by atoms with Crippen LogP contribution in [0.25, 0.3) is 0 Å². The normalized spacial score (nSPS) is 21.9. The number of rotatable bonds is 5. The first-order valence-corrected chi connectivity index (χ1v) is 7.12. The molecule has 1 aliphatic rings. The highest BCUT2D eigenvalue weighted by Crippen LogP contribution is 2.32. The van der Waals surface area contributed by atoms with Gasteiger partial charge < -0.3 is 15.5 Å². The van der Waals surface area contributed by atoms with E-state index in [0.29, 0.717) is 6.54 Å². The molecule has 20 heavy (non-hydrogen) atoms. The van der Waals surface area contributed by atoms with Crippen molar-refractivity contribution < 1.29 is 4.79 Å². The molecule has 1 atom stereocenters. The fraction of sp³-hybridized carbons (Fsp3) is 0.643. The van der Waals surface area contributed by atoms with Crippen LogP contribution in [0.5, 0.6) is 0 Å². The second kappa shape index (κ2) is 6.07. The van der Waals surface area contributed by atoms with Crippen LogP contribution in [0.2, 0.25) is 0 Å². The third-order valence-electron chi connectivity index (χ3n) is 3.78. The molecule has 2 rings (SSSR count). The second-order valence-electron chi connectivity index (χ2n) is 5.50. The van der Waals surface area contributed by atoms with Crippen molar-refractivity contribution in [3.8, 4) is 0 Å². The summed E-state index contributed by atoms with van der Waals surface area (Å²) < 4.78 is 0. The van der Waals surface area contributed by atoms with Crippen molar-refractivity contribution in [2.45, 2.75) is 26.7 Å². The molecule has 6 heteroatoms. The Labute approximate surface area is 120 Å². The molecule has 110 valence electrons. The van der Waals surface area contributed by atoms with E-state index in [1.54, 1.807) is 13.4 Å². The van der Waals surface area contributed by atoms with Crippen molar-refractivity contribution in [3.05, 3.63) is 12.4 Å². The summed E-state index contributed by atoms with van der Waals surface area (Å²) in [6.07, 6.45) is 3.47. The van der Waals surface area contributed by atoms with E-state index in [4.69, 9.17) is 0 Å². The highest BCUT2D eigenvalue weighted by molar-refractivity contribution is 5.83. The first kappa shape index (κ1) is 14.6. The minimum absolute atomic E-state index is 0.0957. The highest BCUT2D eigenvalue weighted by atomic mass is 16.2. The summed E-state index contributed by atoms with van der Waals surface area (Å²) in [5, 5.41) is 6.00. The lowest BCUT2D eigenvalue weighted by atomic mass is 9.89. The number of anilines is 2. The van der Waals surface area contributed by atoms with Gasteiger partial charge in [0.15, 0.2) is 0 Å². The van der Waals surface area contributed by atoms with Gasteiger partial charge in [-0.2, -0.15) is 0 Å². The number of aromatic nitrogens is 2. The Kier molecular flexibility index (Phi) is 4.42. The van der Waals surface area contributed by atoms with Gasteiger partial charge in [0.25, 0.3) is 0 Å². The van der Waals surface area contributed by atoms with Crippen LogP contribution in [-0.4, -0.2) is 42.6 Å². The molecule has 0 radical (unpaired) electrons. The molecule has 1 aliphatic heterocycles. The molecule has 1 amide bonds. The maximum Gasteiger partial charge on any atom is 0.227 e. The first-order chi connectivity index (χ1) is 9.59. The van der Waals surface area contributed by atoms with E-state index in [1.807, 2.05) is 13.0 Å². The van der Waals surface area contributed by atoms with Gasteiger partial charge in [-0.25, -0.2) is 9.97 Å². The standard InChI is InChI=1S/C14H23N5O/c1-4-6-16-11-8-12(18-10-17-11)19-7-5-14(2,9-19)13(20)15-3/h8,10H,4-7,9H2,1-3H3,(H,15,20)(H,16,17,18).